The van der Waals surface area contributed by atoms with Crippen molar-refractivity contribution in [1.82, 2.24) is 14.8 Å². The van der Waals surface area contributed by atoms with Gasteiger partial charge in [0.15, 0.2) is 12.4 Å². The molecule has 2 heterocycles. The van der Waals surface area contributed by atoms with E-state index in [4.69, 9.17) is 16.3 Å². The Morgan fingerprint density at radius 3 is 2.48 bits per heavy atom. The molecule has 0 spiro atoms. The van der Waals surface area contributed by atoms with E-state index in [1.54, 1.807) is 0 Å². The molecule has 1 aliphatic heterocycles. The highest BCUT2D eigenvalue weighted by molar-refractivity contribution is 9.11. The van der Waals surface area contributed by atoms with E-state index in [0.717, 1.165) is 50.2 Å². The third-order valence-electron chi connectivity index (χ3n) is 5.36. The molecule has 1 aliphatic rings. The highest BCUT2D eigenvalue weighted by atomic mass is 79.9. The van der Waals surface area contributed by atoms with Crippen molar-refractivity contribution >= 4 is 60.3 Å². The molecule has 1 fully saturated rings. The quantitative estimate of drug-likeness (QED) is 0.412. The Bertz CT molecular complexity index is 1100. The second-order valence-electron chi connectivity index (χ2n) is 7.59. The molecule has 162 valence electrons. The molecule has 3 aromatic rings. The zero-order valence-corrected chi connectivity index (χ0v) is 21.0. The van der Waals surface area contributed by atoms with Crippen LogP contribution < -0.4 is 4.74 Å². The molecular formula is C23H22Br2ClN3O2. The zero-order valence-electron chi connectivity index (χ0n) is 17.1. The van der Waals surface area contributed by atoms with Gasteiger partial charge in [-0.05, 0) is 58.7 Å². The molecule has 1 saturated heterocycles. The summed E-state index contributed by atoms with van der Waals surface area (Å²) in [6.07, 6.45) is 0. The number of hydrogen-bond donors (Lipinski definition) is 0. The Morgan fingerprint density at radius 1 is 1.06 bits per heavy atom. The van der Waals surface area contributed by atoms with Gasteiger partial charge in [-0.3, -0.25) is 9.69 Å². The van der Waals surface area contributed by atoms with E-state index in [1.165, 1.54) is 5.56 Å². The predicted octanol–water partition coefficient (Wildman–Crippen LogP) is 5.44. The Balaban J connectivity index is 1.36. The number of amides is 1. The Hall–Kier alpha value is -1.67. The first kappa shape index (κ1) is 22.5. The minimum Gasteiger partial charge on any atom is -0.480 e. The van der Waals surface area contributed by atoms with Gasteiger partial charge in [0.05, 0.1) is 4.47 Å². The molecule has 0 bridgehead atoms. The number of benzene rings is 2. The Kier molecular flexibility index (Phi) is 7.16. The number of hydrogen-bond acceptors (Lipinski definition) is 4. The predicted molar refractivity (Wildman–Crippen MR) is 131 cm³/mol. The highest BCUT2D eigenvalue weighted by Crippen LogP contribution is 2.37. The third kappa shape index (κ3) is 5.40. The fourth-order valence-electron chi connectivity index (χ4n) is 3.66. The average Bonchev–Trinajstić information content (AvgIpc) is 2.75. The summed E-state index contributed by atoms with van der Waals surface area (Å²) in [6.45, 7) is 5.83. The maximum atomic E-state index is 12.8. The standard InChI is InChI=1S/C23H22Br2ClN3O2/c1-15-2-7-18-19(24)12-20(25)23(22(18)27-15)31-14-21(30)29-10-8-28(9-11-29)13-16-3-5-17(26)6-4-16/h2-7,12H,8-11,13-14H2,1H3. The molecule has 4 rings (SSSR count). The van der Waals surface area contributed by atoms with Crippen LogP contribution in [0.1, 0.15) is 11.3 Å². The zero-order chi connectivity index (χ0) is 22.0. The van der Waals surface area contributed by atoms with Crippen molar-refractivity contribution in [2.45, 2.75) is 13.5 Å². The van der Waals surface area contributed by atoms with Crippen LogP contribution in [0.25, 0.3) is 10.9 Å². The number of nitrogens with zero attached hydrogens (tertiary/aromatic N) is 3. The molecule has 0 aliphatic carbocycles. The van der Waals surface area contributed by atoms with Crippen molar-refractivity contribution in [2.75, 3.05) is 32.8 Å². The van der Waals surface area contributed by atoms with Gasteiger partial charge in [0.2, 0.25) is 0 Å². The van der Waals surface area contributed by atoms with Gasteiger partial charge in [0.1, 0.15) is 5.52 Å². The minimum absolute atomic E-state index is 0.0118. The van der Waals surface area contributed by atoms with Gasteiger partial charge < -0.3 is 9.64 Å². The van der Waals surface area contributed by atoms with Crippen LogP contribution in [0.5, 0.6) is 5.75 Å². The molecule has 0 radical (unpaired) electrons. The van der Waals surface area contributed by atoms with Gasteiger partial charge in [-0.2, -0.15) is 0 Å². The molecule has 0 unspecified atom stereocenters. The first-order valence-corrected chi connectivity index (χ1v) is 12.0. The second-order valence-corrected chi connectivity index (χ2v) is 9.74. The van der Waals surface area contributed by atoms with Crippen LogP contribution in [0.4, 0.5) is 0 Å². The summed E-state index contributed by atoms with van der Waals surface area (Å²) in [5.41, 5.74) is 2.86. The summed E-state index contributed by atoms with van der Waals surface area (Å²) < 4.78 is 7.66. The van der Waals surface area contributed by atoms with Crippen molar-refractivity contribution in [3.63, 3.8) is 0 Å². The lowest BCUT2D eigenvalue weighted by molar-refractivity contribution is -0.135. The first-order valence-electron chi connectivity index (χ1n) is 10.0. The molecular weight excluding hydrogens is 546 g/mol. The number of piperazine rings is 1. The van der Waals surface area contributed by atoms with E-state index < -0.39 is 0 Å². The van der Waals surface area contributed by atoms with Gasteiger partial charge in [-0.1, -0.05) is 39.7 Å². The average molecular weight is 568 g/mol. The maximum absolute atomic E-state index is 12.8. The molecule has 1 aromatic heterocycles. The van der Waals surface area contributed by atoms with Crippen molar-refractivity contribution in [3.05, 3.63) is 67.7 Å². The molecule has 1 amide bonds. The SMILES string of the molecule is Cc1ccc2c(Br)cc(Br)c(OCC(=O)N3CCN(Cc4ccc(Cl)cc4)CC3)c2n1. The smallest absolute Gasteiger partial charge is 0.260 e. The van der Waals surface area contributed by atoms with Gasteiger partial charge in [0.25, 0.3) is 5.91 Å². The minimum atomic E-state index is -0.0123. The number of carbonyl (C=O) groups excluding carboxylic acids is 1. The van der Waals surface area contributed by atoms with Crippen LogP contribution in [0.15, 0.2) is 51.4 Å². The summed E-state index contributed by atoms with van der Waals surface area (Å²) in [5.74, 6) is 0.582. The molecule has 0 N–H and O–H groups in total. The molecule has 5 nitrogen and oxygen atoms in total. The molecule has 0 atom stereocenters. The number of halogens is 3. The molecule has 2 aromatic carbocycles. The van der Waals surface area contributed by atoms with Crippen LogP contribution in [0.3, 0.4) is 0 Å². The number of aryl methyl sites for hydroxylation is 1. The Morgan fingerprint density at radius 2 is 1.77 bits per heavy atom. The first-order chi connectivity index (χ1) is 14.9. The van der Waals surface area contributed by atoms with Gasteiger partial charge >= 0.3 is 0 Å². The number of aromatic nitrogens is 1. The van der Waals surface area contributed by atoms with Crippen molar-refractivity contribution in [1.29, 1.82) is 0 Å². The number of ether oxygens (including phenoxy) is 1. The van der Waals surface area contributed by atoms with E-state index in [1.807, 2.05) is 54.3 Å². The second kappa shape index (κ2) is 9.86. The van der Waals surface area contributed by atoms with Crippen LogP contribution in [0, 0.1) is 6.92 Å². The maximum Gasteiger partial charge on any atom is 0.260 e. The summed E-state index contributed by atoms with van der Waals surface area (Å²) in [5, 5.41) is 1.70. The van der Waals surface area contributed by atoms with Crippen LogP contribution in [-0.2, 0) is 11.3 Å². The van der Waals surface area contributed by atoms with Crippen LogP contribution in [-0.4, -0.2) is 53.5 Å². The largest absolute Gasteiger partial charge is 0.480 e. The summed E-state index contributed by atoms with van der Waals surface area (Å²) >= 11 is 13.1. The normalized spacial score (nSPS) is 14.8. The van der Waals surface area contributed by atoms with Crippen LogP contribution in [0.2, 0.25) is 5.02 Å². The van der Waals surface area contributed by atoms with E-state index in [0.29, 0.717) is 18.8 Å². The van der Waals surface area contributed by atoms with Crippen molar-refractivity contribution in [3.8, 4) is 5.75 Å². The molecule has 8 heteroatoms. The van der Waals surface area contributed by atoms with E-state index >= 15 is 0 Å². The third-order valence-corrected chi connectivity index (χ3v) is 6.86. The van der Waals surface area contributed by atoms with E-state index in [9.17, 15) is 4.79 Å². The number of carbonyl (C=O) groups is 1. The lowest BCUT2D eigenvalue weighted by Crippen LogP contribution is -2.49. The summed E-state index contributed by atoms with van der Waals surface area (Å²) in [4.78, 5) is 21.6. The van der Waals surface area contributed by atoms with Gasteiger partial charge in [-0.15, -0.1) is 0 Å². The molecule has 31 heavy (non-hydrogen) atoms. The lowest BCUT2D eigenvalue weighted by atomic mass is 10.2. The molecule has 0 saturated carbocycles. The van der Waals surface area contributed by atoms with Crippen molar-refractivity contribution in [2.24, 2.45) is 0 Å². The topological polar surface area (TPSA) is 45.7 Å². The van der Waals surface area contributed by atoms with E-state index in [-0.39, 0.29) is 12.5 Å². The fraction of sp³-hybridized carbons (Fsp3) is 0.304. The summed E-state index contributed by atoms with van der Waals surface area (Å²) in [6, 6.07) is 13.8. The van der Waals surface area contributed by atoms with Crippen LogP contribution >= 0.6 is 43.5 Å². The van der Waals surface area contributed by atoms with Gasteiger partial charge in [0, 0.05) is 53.3 Å². The highest BCUT2D eigenvalue weighted by Gasteiger charge is 2.22. The number of rotatable bonds is 5. The van der Waals surface area contributed by atoms with Crippen molar-refractivity contribution < 1.29 is 9.53 Å². The monoisotopic (exact) mass is 565 g/mol. The fourth-order valence-corrected chi connectivity index (χ4v) is 5.17. The number of pyridine rings is 1. The number of fused-ring (bicyclic) bond motifs is 1. The van der Waals surface area contributed by atoms with Gasteiger partial charge in [-0.25, -0.2) is 4.98 Å². The Labute approximate surface area is 203 Å². The summed E-state index contributed by atoms with van der Waals surface area (Å²) in [7, 11) is 0. The lowest BCUT2D eigenvalue weighted by Gasteiger charge is -2.34. The van der Waals surface area contributed by atoms with E-state index in [2.05, 4.69) is 41.7 Å².